The second-order valence-electron chi connectivity index (χ2n) is 4.74. The van der Waals surface area contributed by atoms with Crippen LogP contribution in [0.15, 0.2) is 0 Å². The van der Waals surface area contributed by atoms with E-state index in [9.17, 15) is 0 Å². The van der Waals surface area contributed by atoms with Crippen LogP contribution in [-0.2, 0) is 5.88 Å². The minimum absolute atomic E-state index is 0.395. The van der Waals surface area contributed by atoms with Gasteiger partial charge in [-0.25, -0.2) is 4.68 Å². The van der Waals surface area contributed by atoms with Gasteiger partial charge in [-0.3, -0.25) is 0 Å². The summed E-state index contributed by atoms with van der Waals surface area (Å²) < 4.78 is 1.92. The predicted molar refractivity (Wildman–Crippen MR) is 58.6 cm³/mol. The van der Waals surface area contributed by atoms with Crippen molar-refractivity contribution in [2.24, 2.45) is 11.8 Å². The van der Waals surface area contributed by atoms with Gasteiger partial charge in [0.2, 0.25) is 0 Å². The van der Waals surface area contributed by atoms with E-state index < -0.39 is 0 Å². The fraction of sp³-hybridized carbons (Fsp3) is 0.900. The summed E-state index contributed by atoms with van der Waals surface area (Å²) in [6, 6.07) is 0.437. The van der Waals surface area contributed by atoms with Crippen LogP contribution in [0.4, 0.5) is 0 Å². The van der Waals surface area contributed by atoms with E-state index in [0.717, 1.165) is 17.7 Å². The molecule has 0 aromatic carbocycles. The Hall–Kier alpha value is -0.640. The van der Waals surface area contributed by atoms with Gasteiger partial charge in [-0.05, 0) is 41.5 Å². The topological polar surface area (TPSA) is 43.6 Å². The number of alkyl halides is 1. The van der Waals surface area contributed by atoms with Crippen LogP contribution in [0.1, 0.15) is 45.0 Å². The fourth-order valence-electron chi connectivity index (χ4n) is 2.69. The molecule has 0 radical (unpaired) electrons. The number of aromatic nitrogens is 4. The number of hydrogen-bond donors (Lipinski definition) is 0. The summed E-state index contributed by atoms with van der Waals surface area (Å²) in [5.41, 5.74) is 0. The Morgan fingerprint density at radius 3 is 2.53 bits per heavy atom. The molecule has 0 aliphatic heterocycles. The molecule has 5 heteroatoms. The Balaban J connectivity index is 2.16. The van der Waals surface area contributed by atoms with Crippen LogP contribution < -0.4 is 0 Å². The smallest absolute Gasteiger partial charge is 0.166 e. The molecule has 0 saturated heterocycles. The summed E-state index contributed by atoms with van der Waals surface area (Å²) >= 11 is 5.80. The predicted octanol–water partition coefficient (Wildman–Crippen LogP) is 2.41. The molecule has 84 valence electrons. The van der Waals surface area contributed by atoms with E-state index in [0.29, 0.717) is 11.9 Å². The van der Waals surface area contributed by atoms with Gasteiger partial charge in [-0.2, -0.15) is 0 Å². The normalized spacial score (nSPS) is 31.8. The van der Waals surface area contributed by atoms with Gasteiger partial charge in [0.25, 0.3) is 0 Å². The molecule has 0 spiro atoms. The zero-order valence-electron chi connectivity index (χ0n) is 9.23. The Kier molecular flexibility index (Phi) is 3.24. The molecule has 1 fully saturated rings. The molecule has 2 atom stereocenters. The molecule has 15 heavy (non-hydrogen) atoms. The molecule has 2 unspecified atom stereocenters. The minimum atomic E-state index is 0.395. The zero-order chi connectivity index (χ0) is 10.8. The maximum atomic E-state index is 5.80. The molecule has 1 saturated carbocycles. The van der Waals surface area contributed by atoms with Crippen LogP contribution in [0.5, 0.6) is 0 Å². The van der Waals surface area contributed by atoms with E-state index in [1.807, 2.05) is 4.68 Å². The number of rotatable bonds is 2. The van der Waals surface area contributed by atoms with E-state index in [4.69, 9.17) is 11.6 Å². The average Bonchev–Trinajstić information content (AvgIpc) is 2.63. The average molecular weight is 229 g/mol. The summed E-state index contributed by atoms with van der Waals surface area (Å²) in [6.07, 6.45) is 3.65. The third-order valence-electron chi connectivity index (χ3n) is 3.18. The van der Waals surface area contributed by atoms with Gasteiger partial charge in [0, 0.05) is 0 Å². The van der Waals surface area contributed by atoms with E-state index >= 15 is 0 Å². The second kappa shape index (κ2) is 4.47. The van der Waals surface area contributed by atoms with Gasteiger partial charge in [0.15, 0.2) is 5.82 Å². The van der Waals surface area contributed by atoms with Crippen molar-refractivity contribution in [3.05, 3.63) is 5.82 Å². The van der Waals surface area contributed by atoms with Crippen molar-refractivity contribution in [2.45, 2.75) is 45.0 Å². The zero-order valence-corrected chi connectivity index (χ0v) is 9.98. The van der Waals surface area contributed by atoms with Crippen molar-refractivity contribution in [2.75, 3.05) is 0 Å². The minimum Gasteiger partial charge on any atom is -0.225 e. The molecule has 1 aromatic heterocycles. The van der Waals surface area contributed by atoms with Crippen molar-refractivity contribution < 1.29 is 0 Å². The van der Waals surface area contributed by atoms with Crippen LogP contribution in [0.3, 0.4) is 0 Å². The molecular weight excluding hydrogens is 212 g/mol. The summed E-state index contributed by atoms with van der Waals surface area (Å²) in [7, 11) is 0. The monoisotopic (exact) mass is 228 g/mol. The molecule has 0 amide bonds. The van der Waals surface area contributed by atoms with Gasteiger partial charge in [-0.15, -0.1) is 16.7 Å². The first-order valence-corrected chi connectivity index (χ1v) is 6.06. The first-order valence-electron chi connectivity index (χ1n) is 5.53. The van der Waals surface area contributed by atoms with Crippen LogP contribution in [0, 0.1) is 11.8 Å². The number of hydrogen-bond acceptors (Lipinski definition) is 3. The summed E-state index contributed by atoms with van der Waals surface area (Å²) in [5.74, 6) is 2.70. The van der Waals surface area contributed by atoms with Crippen LogP contribution in [-0.4, -0.2) is 20.2 Å². The van der Waals surface area contributed by atoms with Gasteiger partial charge in [0.05, 0.1) is 11.9 Å². The largest absolute Gasteiger partial charge is 0.225 e. The lowest BCUT2D eigenvalue weighted by atomic mass is 9.80. The fourth-order valence-corrected chi connectivity index (χ4v) is 2.86. The van der Waals surface area contributed by atoms with Gasteiger partial charge >= 0.3 is 0 Å². The second-order valence-corrected chi connectivity index (χ2v) is 5.01. The molecule has 0 bridgehead atoms. The van der Waals surface area contributed by atoms with Gasteiger partial charge < -0.3 is 0 Å². The van der Waals surface area contributed by atoms with Gasteiger partial charge in [-0.1, -0.05) is 13.8 Å². The maximum absolute atomic E-state index is 5.80. The van der Waals surface area contributed by atoms with Crippen LogP contribution >= 0.6 is 11.6 Å². The lowest BCUT2D eigenvalue weighted by Gasteiger charge is -2.31. The molecule has 4 nitrogen and oxygen atoms in total. The van der Waals surface area contributed by atoms with E-state index in [-0.39, 0.29) is 0 Å². The summed E-state index contributed by atoms with van der Waals surface area (Å²) in [6.45, 7) is 4.60. The molecular formula is C10H17ClN4. The molecule has 2 rings (SSSR count). The Morgan fingerprint density at radius 2 is 1.93 bits per heavy atom. The van der Waals surface area contributed by atoms with E-state index in [2.05, 4.69) is 29.4 Å². The summed E-state index contributed by atoms with van der Waals surface area (Å²) in [4.78, 5) is 0. The first kappa shape index (κ1) is 10.9. The number of tetrazole rings is 1. The van der Waals surface area contributed by atoms with Crippen molar-refractivity contribution >= 4 is 11.6 Å². The first-order chi connectivity index (χ1) is 7.20. The molecule has 0 N–H and O–H groups in total. The van der Waals surface area contributed by atoms with E-state index in [1.165, 1.54) is 19.3 Å². The highest BCUT2D eigenvalue weighted by atomic mass is 35.5. The lowest BCUT2D eigenvalue weighted by Crippen LogP contribution is -2.24. The van der Waals surface area contributed by atoms with Gasteiger partial charge in [0.1, 0.15) is 0 Å². The third kappa shape index (κ3) is 2.30. The molecule has 1 aliphatic carbocycles. The Bertz CT molecular complexity index is 315. The van der Waals surface area contributed by atoms with Crippen LogP contribution in [0.2, 0.25) is 0 Å². The van der Waals surface area contributed by atoms with Crippen molar-refractivity contribution in [3.63, 3.8) is 0 Å². The number of nitrogens with zero attached hydrogens (tertiary/aromatic N) is 4. The number of halogens is 1. The highest BCUT2D eigenvalue weighted by Crippen LogP contribution is 2.35. The Morgan fingerprint density at radius 1 is 1.27 bits per heavy atom. The van der Waals surface area contributed by atoms with Crippen molar-refractivity contribution in [3.8, 4) is 0 Å². The standard InChI is InChI=1S/C10H17ClN4/c1-7-3-8(2)5-9(4-7)15-10(6-11)12-13-14-15/h7-9H,3-6H2,1-2H3. The quantitative estimate of drug-likeness (QED) is 0.731. The third-order valence-corrected chi connectivity index (χ3v) is 3.42. The highest BCUT2D eigenvalue weighted by molar-refractivity contribution is 6.16. The lowest BCUT2D eigenvalue weighted by molar-refractivity contribution is 0.205. The SMILES string of the molecule is CC1CC(C)CC(n2nnnc2CCl)C1. The van der Waals surface area contributed by atoms with Crippen LogP contribution in [0.25, 0.3) is 0 Å². The summed E-state index contributed by atoms with van der Waals surface area (Å²) in [5, 5.41) is 11.7. The van der Waals surface area contributed by atoms with E-state index in [1.54, 1.807) is 0 Å². The molecule has 1 aliphatic rings. The van der Waals surface area contributed by atoms with Crippen molar-refractivity contribution in [1.29, 1.82) is 0 Å². The Labute approximate surface area is 95.0 Å². The maximum Gasteiger partial charge on any atom is 0.166 e. The highest BCUT2D eigenvalue weighted by Gasteiger charge is 2.27. The molecule has 1 aromatic rings. The van der Waals surface area contributed by atoms with Crippen molar-refractivity contribution in [1.82, 2.24) is 20.2 Å². The molecule has 1 heterocycles.